The van der Waals surface area contributed by atoms with Crippen LogP contribution in [0.25, 0.3) is 10.9 Å². The van der Waals surface area contributed by atoms with Gasteiger partial charge in [0.05, 0.1) is 0 Å². The monoisotopic (exact) mass is 278 g/mol. The molecule has 0 spiro atoms. The molecule has 2 aromatic rings. The third kappa shape index (κ3) is 1.59. The van der Waals surface area contributed by atoms with Crippen LogP contribution in [0.1, 0.15) is 12.1 Å². The van der Waals surface area contributed by atoms with Crippen molar-refractivity contribution in [3.05, 3.63) is 34.4 Å². The van der Waals surface area contributed by atoms with Gasteiger partial charge in [-0.1, -0.05) is 15.9 Å². The number of nitrogens with two attached hydrogens (primary N) is 1. The van der Waals surface area contributed by atoms with Crippen LogP contribution in [0.2, 0.25) is 0 Å². The minimum atomic E-state index is 0.667. The molecule has 1 aliphatic rings. The van der Waals surface area contributed by atoms with Gasteiger partial charge in [0.1, 0.15) is 0 Å². The van der Waals surface area contributed by atoms with Gasteiger partial charge in [0.2, 0.25) is 0 Å². The first-order valence-corrected chi connectivity index (χ1v) is 6.55. The highest BCUT2D eigenvalue weighted by atomic mass is 79.9. The van der Waals surface area contributed by atoms with Crippen molar-refractivity contribution in [1.29, 1.82) is 0 Å². The fraction of sp³-hybridized carbons (Fsp3) is 0.385. The molecule has 0 radical (unpaired) electrons. The Morgan fingerprint density at radius 1 is 1.38 bits per heavy atom. The Morgan fingerprint density at radius 3 is 3.06 bits per heavy atom. The second-order valence-electron chi connectivity index (χ2n) is 4.58. The van der Waals surface area contributed by atoms with Gasteiger partial charge in [-0.2, -0.15) is 0 Å². The third-order valence-electron chi connectivity index (χ3n) is 3.54. The highest BCUT2D eigenvalue weighted by molar-refractivity contribution is 9.10. The van der Waals surface area contributed by atoms with Gasteiger partial charge in [0.15, 0.2) is 0 Å². The van der Waals surface area contributed by atoms with E-state index in [0.29, 0.717) is 5.92 Å². The SMILES string of the molecule is NCC1CCn2c(cc3cc(Br)ccc32)C1. The van der Waals surface area contributed by atoms with E-state index in [0.717, 1.165) is 24.0 Å². The van der Waals surface area contributed by atoms with E-state index in [4.69, 9.17) is 5.73 Å². The molecular weight excluding hydrogens is 264 g/mol. The van der Waals surface area contributed by atoms with Crippen LogP contribution < -0.4 is 5.73 Å². The minimum absolute atomic E-state index is 0.667. The average Bonchev–Trinajstić information content (AvgIpc) is 2.64. The first-order valence-electron chi connectivity index (χ1n) is 5.75. The summed E-state index contributed by atoms with van der Waals surface area (Å²) in [4.78, 5) is 0. The Hall–Kier alpha value is -0.800. The van der Waals surface area contributed by atoms with Gasteiger partial charge in [-0.05, 0) is 49.6 Å². The second-order valence-corrected chi connectivity index (χ2v) is 5.50. The lowest BCUT2D eigenvalue weighted by molar-refractivity contribution is 0.402. The molecule has 1 atom stereocenters. The van der Waals surface area contributed by atoms with Crippen molar-refractivity contribution in [1.82, 2.24) is 4.57 Å². The van der Waals surface area contributed by atoms with Crippen LogP contribution in [0.5, 0.6) is 0 Å². The van der Waals surface area contributed by atoms with Crippen molar-refractivity contribution in [2.24, 2.45) is 11.7 Å². The predicted octanol–water partition coefficient (Wildman–Crippen LogP) is 2.92. The fourth-order valence-corrected chi connectivity index (χ4v) is 3.02. The molecule has 0 fully saturated rings. The number of hydrogen-bond donors (Lipinski definition) is 1. The summed E-state index contributed by atoms with van der Waals surface area (Å²) in [5.74, 6) is 0.667. The third-order valence-corrected chi connectivity index (χ3v) is 4.03. The van der Waals surface area contributed by atoms with E-state index in [-0.39, 0.29) is 0 Å². The van der Waals surface area contributed by atoms with Gasteiger partial charge in [-0.3, -0.25) is 0 Å². The van der Waals surface area contributed by atoms with Gasteiger partial charge in [-0.15, -0.1) is 0 Å². The first-order chi connectivity index (χ1) is 7.78. The van der Waals surface area contributed by atoms with Crippen molar-refractivity contribution < 1.29 is 0 Å². The zero-order valence-corrected chi connectivity index (χ0v) is 10.7. The molecular formula is C13H15BrN2. The topological polar surface area (TPSA) is 30.9 Å². The molecule has 3 heteroatoms. The Labute approximate surface area is 104 Å². The number of halogens is 1. The van der Waals surface area contributed by atoms with E-state index in [1.165, 1.54) is 23.0 Å². The Morgan fingerprint density at radius 2 is 2.25 bits per heavy atom. The van der Waals surface area contributed by atoms with Crippen LogP contribution in [0.15, 0.2) is 28.7 Å². The molecule has 0 bridgehead atoms. The average molecular weight is 279 g/mol. The normalized spacial score (nSPS) is 20.0. The Balaban J connectivity index is 2.12. The molecule has 0 saturated heterocycles. The number of rotatable bonds is 1. The van der Waals surface area contributed by atoms with E-state index in [1.807, 2.05) is 0 Å². The van der Waals surface area contributed by atoms with E-state index in [1.54, 1.807) is 0 Å². The second kappa shape index (κ2) is 3.90. The number of hydrogen-bond acceptors (Lipinski definition) is 1. The van der Waals surface area contributed by atoms with E-state index in [9.17, 15) is 0 Å². The lowest BCUT2D eigenvalue weighted by Crippen LogP contribution is -2.24. The predicted molar refractivity (Wildman–Crippen MR) is 70.5 cm³/mol. The van der Waals surface area contributed by atoms with Crippen LogP contribution in [0.4, 0.5) is 0 Å². The summed E-state index contributed by atoms with van der Waals surface area (Å²) < 4.78 is 3.59. The summed E-state index contributed by atoms with van der Waals surface area (Å²) in [7, 11) is 0. The van der Waals surface area contributed by atoms with Gasteiger partial charge >= 0.3 is 0 Å². The maximum atomic E-state index is 5.76. The van der Waals surface area contributed by atoms with Crippen LogP contribution in [0.3, 0.4) is 0 Å². The standard InChI is InChI=1S/C13H15BrN2/c14-11-1-2-13-10(6-11)7-12-5-9(8-15)3-4-16(12)13/h1-2,6-7,9H,3-5,8,15H2. The van der Waals surface area contributed by atoms with E-state index in [2.05, 4.69) is 44.8 Å². The summed E-state index contributed by atoms with van der Waals surface area (Å²) in [6.45, 7) is 1.92. The van der Waals surface area contributed by atoms with Crippen molar-refractivity contribution in [3.63, 3.8) is 0 Å². The summed E-state index contributed by atoms with van der Waals surface area (Å²) >= 11 is 3.52. The molecule has 0 saturated carbocycles. The quantitative estimate of drug-likeness (QED) is 0.855. The van der Waals surface area contributed by atoms with Crippen molar-refractivity contribution in [2.45, 2.75) is 19.4 Å². The molecule has 1 aromatic carbocycles. The lowest BCUT2D eigenvalue weighted by atomic mass is 9.96. The number of aryl methyl sites for hydroxylation is 1. The molecule has 1 aliphatic heterocycles. The zero-order chi connectivity index (χ0) is 11.1. The molecule has 0 aliphatic carbocycles. The Bertz CT molecular complexity index is 530. The summed E-state index contributed by atoms with van der Waals surface area (Å²) in [5, 5.41) is 1.34. The zero-order valence-electron chi connectivity index (χ0n) is 9.12. The summed E-state index contributed by atoms with van der Waals surface area (Å²) in [6, 6.07) is 8.82. The maximum Gasteiger partial charge on any atom is 0.0483 e. The van der Waals surface area contributed by atoms with Crippen molar-refractivity contribution >= 4 is 26.8 Å². The minimum Gasteiger partial charge on any atom is -0.345 e. The number of benzene rings is 1. The molecule has 1 unspecified atom stereocenters. The number of fused-ring (bicyclic) bond motifs is 3. The molecule has 16 heavy (non-hydrogen) atoms. The molecule has 2 heterocycles. The van der Waals surface area contributed by atoms with Gasteiger partial charge in [0, 0.05) is 27.6 Å². The molecule has 3 rings (SSSR count). The van der Waals surface area contributed by atoms with E-state index >= 15 is 0 Å². The number of nitrogens with zero attached hydrogens (tertiary/aromatic N) is 1. The van der Waals surface area contributed by atoms with Gasteiger partial charge in [0.25, 0.3) is 0 Å². The molecule has 0 amide bonds. The lowest BCUT2D eigenvalue weighted by Gasteiger charge is -2.23. The van der Waals surface area contributed by atoms with Crippen LogP contribution in [-0.2, 0) is 13.0 Å². The maximum absolute atomic E-state index is 5.76. The van der Waals surface area contributed by atoms with Gasteiger partial charge in [-0.25, -0.2) is 0 Å². The molecule has 84 valence electrons. The smallest absolute Gasteiger partial charge is 0.0483 e. The fourth-order valence-electron chi connectivity index (χ4n) is 2.64. The molecule has 2 N–H and O–H groups in total. The molecule has 1 aromatic heterocycles. The van der Waals surface area contributed by atoms with Crippen LogP contribution in [-0.4, -0.2) is 11.1 Å². The number of aromatic nitrogens is 1. The van der Waals surface area contributed by atoms with Crippen molar-refractivity contribution in [2.75, 3.05) is 6.54 Å². The highest BCUT2D eigenvalue weighted by Gasteiger charge is 2.19. The van der Waals surface area contributed by atoms with Gasteiger partial charge < -0.3 is 10.3 Å². The van der Waals surface area contributed by atoms with E-state index < -0.39 is 0 Å². The highest BCUT2D eigenvalue weighted by Crippen LogP contribution is 2.29. The van der Waals surface area contributed by atoms with Crippen LogP contribution >= 0.6 is 15.9 Å². The largest absolute Gasteiger partial charge is 0.345 e. The first kappa shape index (κ1) is 10.4. The van der Waals surface area contributed by atoms with Crippen molar-refractivity contribution in [3.8, 4) is 0 Å². The van der Waals surface area contributed by atoms with Crippen LogP contribution in [0, 0.1) is 5.92 Å². The molecule has 2 nitrogen and oxygen atoms in total. The summed E-state index contributed by atoms with van der Waals surface area (Å²) in [6.07, 6.45) is 2.34. The summed E-state index contributed by atoms with van der Waals surface area (Å²) in [5.41, 5.74) is 8.56. The Kier molecular flexibility index (Phi) is 2.52.